The van der Waals surface area contributed by atoms with Crippen LogP contribution in [0.1, 0.15) is 32.3 Å². The van der Waals surface area contributed by atoms with E-state index in [-0.39, 0.29) is 35.9 Å². The molecule has 0 aromatic heterocycles. The molecule has 0 spiro atoms. The molecule has 2 rings (SSSR count). The van der Waals surface area contributed by atoms with Crippen LogP contribution >= 0.6 is 24.0 Å². The molecular weight excluding hydrogens is 455 g/mol. The van der Waals surface area contributed by atoms with Crippen LogP contribution < -0.4 is 10.6 Å². The molecule has 1 heterocycles. The van der Waals surface area contributed by atoms with Crippen LogP contribution in [0.2, 0.25) is 0 Å². The van der Waals surface area contributed by atoms with Crippen LogP contribution in [0.25, 0.3) is 0 Å². The van der Waals surface area contributed by atoms with Gasteiger partial charge >= 0.3 is 5.97 Å². The van der Waals surface area contributed by atoms with Crippen LogP contribution in [0.5, 0.6) is 0 Å². The van der Waals surface area contributed by atoms with Gasteiger partial charge in [0.05, 0.1) is 13.0 Å². The number of guanidine groups is 1. The molecule has 0 amide bonds. The number of hydrogen-bond acceptors (Lipinski definition) is 4. The average Bonchev–Trinajstić information content (AvgIpc) is 2.67. The molecular formula is C20H33IN4O2. The molecule has 0 bridgehead atoms. The lowest BCUT2D eigenvalue weighted by molar-refractivity contribution is -0.144. The highest BCUT2D eigenvalue weighted by Crippen LogP contribution is 2.19. The number of ether oxygens (including phenoxy) is 1. The van der Waals surface area contributed by atoms with Crippen molar-refractivity contribution in [1.29, 1.82) is 0 Å². The predicted octanol–water partition coefficient (Wildman–Crippen LogP) is 2.63. The minimum absolute atomic E-state index is 0. The van der Waals surface area contributed by atoms with Crippen molar-refractivity contribution < 1.29 is 9.53 Å². The van der Waals surface area contributed by atoms with Crippen LogP contribution in [-0.4, -0.2) is 56.2 Å². The fraction of sp³-hybridized carbons (Fsp3) is 0.600. The molecule has 1 aromatic carbocycles. The maximum atomic E-state index is 11.5. The van der Waals surface area contributed by atoms with Gasteiger partial charge in [0.2, 0.25) is 0 Å². The van der Waals surface area contributed by atoms with Crippen molar-refractivity contribution in [1.82, 2.24) is 15.5 Å². The van der Waals surface area contributed by atoms with Crippen molar-refractivity contribution in [2.24, 2.45) is 10.9 Å². The minimum Gasteiger partial charge on any atom is -0.469 e. The van der Waals surface area contributed by atoms with Crippen molar-refractivity contribution in [3.63, 3.8) is 0 Å². The average molecular weight is 488 g/mol. The zero-order valence-corrected chi connectivity index (χ0v) is 19.1. The Morgan fingerprint density at radius 3 is 2.67 bits per heavy atom. The SMILES string of the molecule is CN=C(NCC(C)C(=O)OC)NC1CCN(Cc2ccccc2)C(C)C1.I. The van der Waals surface area contributed by atoms with Gasteiger partial charge in [-0.2, -0.15) is 0 Å². The van der Waals surface area contributed by atoms with E-state index in [9.17, 15) is 4.79 Å². The number of likely N-dealkylation sites (tertiary alicyclic amines) is 1. The van der Waals surface area contributed by atoms with Crippen molar-refractivity contribution in [3.05, 3.63) is 35.9 Å². The van der Waals surface area contributed by atoms with Gasteiger partial charge in [0, 0.05) is 38.8 Å². The zero-order valence-electron chi connectivity index (χ0n) is 16.8. The summed E-state index contributed by atoms with van der Waals surface area (Å²) in [6.07, 6.45) is 2.14. The fourth-order valence-electron chi connectivity index (χ4n) is 3.33. The van der Waals surface area contributed by atoms with Crippen molar-refractivity contribution in [2.45, 2.75) is 45.3 Å². The van der Waals surface area contributed by atoms with Gasteiger partial charge in [-0.15, -0.1) is 24.0 Å². The largest absolute Gasteiger partial charge is 0.469 e. The summed E-state index contributed by atoms with van der Waals surface area (Å²) in [7, 11) is 3.17. The number of nitrogens with one attached hydrogen (secondary N) is 2. The molecule has 27 heavy (non-hydrogen) atoms. The van der Waals surface area contributed by atoms with Crippen LogP contribution in [0.3, 0.4) is 0 Å². The molecule has 0 aliphatic carbocycles. The number of benzene rings is 1. The van der Waals surface area contributed by atoms with Gasteiger partial charge in [0.1, 0.15) is 0 Å². The third-order valence-electron chi connectivity index (χ3n) is 4.99. The second-order valence-electron chi connectivity index (χ2n) is 7.05. The number of rotatable bonds is 6. The molecule has 0 saturated carbocycles. The number of piperidine rings is 1. The maximum absolute atomic E-state index is 11.5. The van der Waals surface area contributed by atoms with E-state index in [0.29, 0.717) is 18.6 Å². The lowest BCUT2D eigenvalue weighted by Gasteiger charge is -2.38. The smallest absolute Gasteiger partial charge is 0.310 e. The highest BCUT2D eigenvalue weighted by Gasteiger charge is 2.26. The Bertz CT molecular complexity index is 597. The summed E-state index contributed by atoms with van der Waals surface area (Å²) < 4.78 is 4.76. The first-order chi connectivity index (χ1) is 12.5. The van der Waals surface area contributed by atoms with Gasteiger partial charge in [-0.3, -0.25) is 14.7 Å². The first-order valence-electron chi connectivity index (χ1n) is 9.36. The number of aliphatic imine (C=N–C) groups is 1. The first-order valence-corrected chi connectivity index (χ1v) is 9.36. The van der Waals surface area contributed by atoms with E-state index in [0.717, 1.165) is 31.9 Å². The van der Waals surface area contributed by atoms with Gasteiger partial charge in [0.25, 0.3) is 0 Å². The van der Waals surface area contributed by atoms with Crippen molar-refractivity contribution in [2.75, 3.05) is 27.2 Å². The van der Waals surface area contributed by atoms with Gasteiger partial charge in [-0.1, -0.05) is 37.3 Å². The van der Waals surface area contributed by atoms with E-state index in [2.05, 4.69) is 57.8 Å². The Hall–Kier alpha value is -1.35. The number of esters is 1. The molecule has 152 valence electrons. The van der Waals surface area contributed by atoms with Gasteiger partial charge in [-0.05, 0) is 25.3 Å². The Morgan fingerprint density at radius 2 is 2.07 bits per heavy atom. The molecule has 0 radical (unpaired) electrons. The van der Waals surface area contributed by atoms with Crippen LogP contribution in [-0.2, 0) is 16.1 Å². The monoisotopic (exact) mass is 488 g/mol. The summed E-state index contributed by atoms with van der Waals surface area (Å²) in [4.78, 5) is 18.3. The number of carbonyl (C=O) groups excluding carboxylic acids is 1. The summed E-state index contributed by atoms with van der Waals surface area (Å²) in [6, 6.07) is 11.5. The Balaban J connectivity index is 0.00000364. The third-order valence-corrected chi connectivity index (χ3v) is 4.99. The number of halogens is 1. The zero-order chi connectivity index (χ0) is 18.9. The van der Waals surface area contributed by atoms with Gasteiger partial charge in [-0.25, -0.2) is 0 Å². The van der Waals surface area contributed by atoms with Crippen LogP contribution in [0.15, 0.2) is 35.3 Å². The van der Waals surface area contributed by atoms with Gasteiger partial charge in [0.15, 0.2) is 5.96 Å². The number of carbonyl (C=O) groups is 1. The number of methoxy groups -OCH3 is 1. The first kappa shape index (κ1) is 23.7. The van der Waals surface area contributed by atoms with Crippen molar-refractivity contribution >= 4 is 35.9 Å². The highest BCUT2D eigenvalue weighted by atomic mass is 127. The molecule has 3 atom stereocenters. The van der Waals surface area contributed by atoms with E-state index in [1.165, 1.54) is 12.7 Å². The standard InChI is InChI=1S/C20H32N4O2.HI/c1-15(19(25)26-4)13-22-20(21-3)23-18-10-11-24(16(2)12-18)14-17-8-6-5-7-9-17;/h5-9,15-16,18H,10-14H2,1-4H3,(H2,21,22,23);1H. The van der Waals surface area contributed by atoms with Crippen molar-refractivity contribution in [3.8, 4) is 0 Å². The van der Waals surface area contributed by atoms with Crippen LogP contribution in [0, 0.1) is 5.92 Å². The Kier molecular flexibility index (Phi) is 10.7. The highest BCUT2D eigenvalue weighted by molar-refractivity contribution is 14.0. The summed E-state index contributed by atoms with van der Waals surface area (Å²) in [5, 5.41) is 6.71. The van der Waals surface area contributed by atoms with E-state index in [1.807, 2.05) is 6.92 Å². The minimum atomic E-state index is -0.212. The molecule has 2 N–H and O–H groups in total. The third kappa shape index (κ3) is 7.65. The second kappa shape index (κ2) is 12.2. The lowest BCUT2D eigenvalue weighted by atomic mass is 9.97. The fourth-order valence-corrected chi connectivity index (χ4v) is 3.33. The predicted molar refractivity (Wildman–Crippen MR) is 120 cm³/mol. The van der Waals surface area contributed by atoms with E-state index in [1.54, 1.807) is 7.05 Å². The Labute approximate surface area is 180 Å². The summed E-state index contributed by atoms with van der Waals surface area (Å²) in [5.41, 5.74) is 1.36. The summed E-state index contributed by atoms with van der Waals surface area (Å²) in [5.74, 6) is 0.329. The molecule has 7 heteroatoms. The lowest BCUT2D eigenvalue weighted by Crippen LogP contribution is -2.51. The molecule has 1 fully saturated rings. The molecule has 3 unspecified atom stereocenters. The van der Waals surface area contributed by atoms with E-state index >= 15 is 0 Å². The molecule has 6 nitrogen and oxygen atoms in total. The second-order valence-corrected chi connectivity index (χ2v) is 7.05. The van der Waals surface area contributed by atoms with E-state index < -0.39 is 0 Å². The summed E-state index contributed by atoms with van der Waals surface area (Å²) in [6.45, 7) is 6.69. The number of nitrogens with zero attached hydrogens (tertiary/aromatic N) is 2. The Morgan fingerprint density at radius 1 is 1.37 bits per heavy atom. The molecule has 1 aliphatic heterocycles. The van der Waals surface area contributed by atoms with E-state index in [4.69, 9.17) is 4.74 Å². The molecule has 1 aromatic rings. The molecule has 1 aliphatic rings. The molecule has 1 saturated heterocycles. The maximum Gasteiger partial charge on any atom is 0.310 e. The topological polar surface area (TPSA) is 66.0 Å². The van der Waals surface area contributed by atoms with Gasteiger partial charge < -0.3 is 15.4 Å². The van der Waals surface area contributed by atoms with Crippen LogP contribution in [0.4, 0.5) is 0 Å². The number of hydrogen-bond donors (Lipinski definition) is 2. The quantitative estimate of drug-likeness (QED) is 0.279. The normalized spacial score (nSPS) is 21.7. The summed E-state index contributed by atoms with van der Waals surface area (Å²) >= 11 is 0.